The zero-order chi connectivity index (χ0) is 19.9. The molecule has 0 radical (unpaired) electrons. The predicted octanol–water partition coefficient (Wildman–Crippen LogP) is 2.85. The number of unbranched alkanes of at least 4 members (excludes halogenated alkanes) is 4. The molecule has 0 aromatic carbocycles. The highest BCUT2D eigenvalue weighted by Gasteiger charge is 2.36. The van der Waals surface area contributed by atoms with Gasteiger partial charge in [-0.05, 0) is 38.5 Å². The van der Waals surface area contributed by atoms with Crippen LogP contribution in [0.4, 0.5) is 0 Å². The molecule has 0 aliphatic rings. The van der Waals surface area contributed by atoms with Crippen LogP contribution in [0.25, 0.3) is 0 Å². The van der Waals surface area contributed by atoms with Crippen molar-refractivity contribution in [3.8, 4) is 0 Å². The van der Waals surface area contributed by atoms with E-state index in [-0.39, 0.29) is 12.8 Å². The molecule has 0 fully saturated rings. The van der Waals surface area contributed by atoms with Gasteiger partial charge in [-0.1, -0.05) is 12.2 Å². The average Bonchev–Trinajstić information content (AvgIpc) is 2.60. The molecule has 7 nitrogen and oxygen atoms in total. The number of carbonyl (C=O) groups excluding carboxylic acids is 3. The number of allylic oxidation sites excluding steroid dienone is 2. The largest absolute Gasteiger partial charge is 0.481 e. The molecule has 1 N–H and O–H groups in total. The number of carboxylic acid groups (broad SMARTS) is 1. The van der Waals surface area contributed by atoms with E-state index < -0.39 is 36.2 Å². The monoisotopic (exact) mass is 367 g/mol. The van der Waals surface area contributed by atoms with E-state index in [1.807, 2.05) is 0 Å². The lowest BCUT2D eigenvalue weighted by Gasteiger charge is -2.27. The van der Waals surface area contributed by atoms with Crippen LogP contribution in [0.5, 0.6) is 0 Å². The second-order valence-corrected chi connectivity index (χ2v) is 5.86. The number of carboxylic acids is 1. The second-order valence-electron chi connectivity index (χ2n) is 5.86. The number of esters is 1. The molecule has 0 heterocycles. The third-order valence-corrected chi connectivity index (χ3v) is 3.79. The molecule has 1 atom stereocenters. The third kappa shape index (κ3) is 9.15. The van der Waals surface area contributed by atoms with E-state index in [0.717, 1.165) is 37.7 Å². The fourth-order valence-corrected chi connectivity index (χ4v) is 2.44. The number of hydrogen-bond acceptors (Lipinski definition) is 5. The summed E-state index contributed by atoms with van der Waals surface area (Å²) in [5, 5.41) is 9.05. The first-order valence-corrected chi connectivity index (χ1v) is 8.75. The molecule has 2 amide bonds. The van der Waals surface area contributed by atoms with Crippen LogP contribution in [0, 0.1) is 0 Å². The van der Waals surface area contributed by atoms with Crippen LogP contribution in [0.15, 0.2) is 25.3 Å². The molecular formula is C19H29NO6. The highest BCUT2D eigenvalue weighted by Crippen LogP contribution is 2.15. The molecule has 0 aromatic rings. The minimum Gasteiger partial charge on any atom is -0.481 e. The zero-order valence-corrected chi connectivity index (χ0v) is 15.4. The Kier molecular flexibility index (Phi) is 12.5. The van der Waals surface area contributed by atoms with Crippen LogP contribution in [0.2, 0.25) is 0 Å². The van der Waals surface area contributed by atoms with Crippen LogP contribution in [0.1, 0.15) is 57.8 Å². The summed E-state index contributed by atoms with van der Waals surface area (Å²) in [6.45, 7) is 7.20. The number of methoxy groups -OCH3 is 1. The zero-order valence-electron chi connectivity index (χ0n) is 15.4. The minimum absolute atomic E-state index is 0.0549. The fourth-order valence-electron chi connectivity index (χ4n) is 2.44. The van der Waals surface area contributed by atoms with Crippen molar-refractivity contribution in [1.82, 2.24) is 4.90 Å². The maximum atomic E-state index is 12.5. The van der Waals surface area contributed by atoms with E-state index in [1.165, 1.54) is 0 Å². The van der Waals surface area contributed by atoms with Crippen molar-refractivity contribution in [2.75, 3.05) is 7.11 Å². The van der Waals surface area contributed by atoms with Crippen molar-refractivity contribution in [2.45, 2.75) is 63.8 Å². The highest BCUT2D eigenvalue weighted by molar-refractivity contribution is 6.00. The first-order chi connectivity index (χ1) is 12.4. The number of amides is 2. The maximum Gasteiger partial charge on any atom is 0.329 e. The Morgan fingerprint density at radius 1 is 0.962 bits per heavy atom. The first-order valence-electron chi connectivity index (χ1n) is 8.75. The van der Waals surface area contributed by atoms with Crippen LogP contribution in [-0.4, -0.2) is 46.9 Å². The van der Waals surface area contributed by atoms with Crippen LogP contribution < -0.4 is 0 Å². The highest BCUT2D eigenvalue weighted by atomic mass is 16.5. The Morgan fingerprint density at radius 2 is 1.42 bits per heavy atom. The van der Waals surface area contributed by atoms with Gasteiger partial charge in [-0.25, -0.2) is 4.79 Å². The molecule has 0 aliphatic heterocycles. The van der Waals surface area contributed by atoms with Crippen molar-refractivity contribution in [3.63, 3.8) is 0 Å². The van der Waals surface area contributed by atoms with Gasteiger partial charge in [0.15, 0.2) is 0 Å². The maximum absolute atomic E-state index is 12.5. The van der Waals surface area contributed by atoms with E-state index in [2.05, 4.69) is 17.9 Å². The molecule has 0 aliphatic carbocycles. The Bertz CT molecular complexity index is 486. The normalized spacial score (nSPS) is 11.3. The molecule has 0 saturated carbocycles. The standard InChI is InChI=1S/C19H29NO6/c1-4-6-8-10-12-16(21)20(17(22)13-11-9-7-5-2)15(14-18(23)24)19(25)26-3/h4-5,15H,1-2,6-14H2,3H3,(H,23,24). The first kappa shape index (κ1) is 23.6. The molecule has 0 spiro atoms. The topological polar surface area (TPSA) is 101 Å². The van der Waals surface area contributed by atoms with Gasteiger partial charge in [0.2, 0.25) is 11.8 Å². The summed E-state index contributed by atoms with van der Waals surface area (Å²) in [7, 11) is 1.10. The van der Waals surface area contributed by atoms with Gasteiger partial charge in [0.25, 0.3) is 0 Å². The summed E-state index contributed by atoms with van der Waals surface area (Å²) in [5.41, 5.74) is 0. The second kappa shape index (κ2) is 13.8. The third-order valence-electron chi connectivity index (χ3n) is 3.79. The molecule has 0 bridgehead atoms. The SMILES string of the molecule is C=CCCCCC(=O)N(C(=O)CCCCC=C)C(CC(=O)O)C(=O)OC. The van der Waals surface area contributed by atoms with Gasteiger partial charge in [-0.15, -0.1) is 13.2 Å². The van der Waals surface area contributed by atoms with Gasteiger partial charge in [0.05, 0.1) is 13.5 Å². The molecule has 146 valence electrons. The Hall–Kier alpha value is -2.44. The number of rotatable bonds is 14. The molecule has 0 rings (SSSR count). The van der Waals surface area contributed by atoms with E-state index in [9.17, 15) is 19.2 Å². The number of ether oxygens (including phenoxy) is 1. The summed E-state index contributed by atoms with van der Waals surface area (Å²) in [6.07, 6.45) is 6.84. The fraction of sp³-hybridized carbons (Fsp3) is 0.579. The number of aliphatic carboxylic acids is 1. The molecule has 0 saturated heterocycles. The minimum atomic E-state index is -1.45. The van der Waals surface area contributed by atoms with E-state index in [4.69, 9.17) is 5.11 Å². The number of imide groups is 1. The van der Waals surface area contributed by atoms with E-state index in [0.29, 0.717) is 12.8 Å². The van der Waals surface area contributed by atoms with Crippen molar-refractivity contribution < 1.29 is 29.0 Å². The molecule has 7 heteroatoms. The van der Waals surface area contributed by atoms with Gasteiger partial charge >= 0.3 is 11.9 Å². The van der Waals surface area contributed by atoms with Crippen LogP contribution >= 0.6 is 0 Å². The van der Waals surface area contributed by atoms with E-state index in [1.54, 1.807) is 12.2 Å². The van der Waals surface area contributed by atoms with E-state index >= 15 is 0 Å². The molecule has 1 unspecified atom stereocenters. The van der Waals surface area contributed by atoms with Gasteiger partial charge < -0.3 is 9.84 Å². The van der Waals surface area contributed by atoms with Crippen LogP contribution in [0.3, 0.4) is 0 Å². The molecular weight excluding hydrogens is 338 g/mol. The smallest absolute Gasteiger partial charge is 0.329 e. The van der Waals surface area contributed by atoms with Gasteiger partial charge in [-0.3, -0.25) is 19.3 Å². The average molecular weight is 367 g/mol. The van der Waals surface area contributed by atoms with Crippen molar-refractivity contribution in [3.05, 3.63) is 25.3 Å². The summed E-state index contributed by atoms with van der Waals surface area (Å²) in [5.74, 6) is -3.31. The lowest BCUT2D eigenvalue weighted by atomic mass is 10.1. The number of carbonyl (C=O) groups is 4. The number of nitrogens with zero attached hydrogens (tertiary/aromatic N) is 1. The molecule has 26 heavy (non-hydrogen) atoms. The summed E-state index contributed by atoms with van der Waals surface area (Å²) < 4.78 is 4.61. The quantitative estimate of drug-likeness (QED) is 0.288. The lowest BCUT2D eigenvalue weighted by Crippen LogP contribution is -2.50. The summed E-state index contributed by atoms with van der Waals surface area (Å²) >= 11 is 0. The van der Waals surface area contributed by atoms with Crippen molar-refractivity contribution in [2.24, 2.45) is 0 Å². The Labute approximate surface area is 154 Å². The van der Waals surface area contributed by atoms with Gasteiger partial charge in [0.1, 0.15) is 6.04 Å². The Balaban J connectivity index is 5.25. The van der Waals surface area contributed by atoms with Gasteiger partial charge in [0, 0.05) is 12.8 Å². The number of hydrogen-bond donors (Lipinski definition) is 1. The van der Waals surface area contributed by atoms with Gasteiger partial charge in [-0.2, -0.15) is 0 Å². The Morgan fingerprint density at radius 3 is 1.77 bits per heavy atom. The van der Waals surface area contributed by atoms with Crippen molar-refractivity contribution in [1.29, 1.82) is 0 Å². The van der Waals surface area contributed by atoms with Crippen LogP contribution in [-0.2, 0) is 23.9 Å². The summed E-state index contributed by atoms with van der Waals surface area (Å²) in [4.78, 5) is 49.0. The van der Waals surface area contributed by atoms with Crippen molar-refractivity contribution >= 4 is 23.8 Å². The lowest BCUT2D eigenvalue weighted by molar-refractivity contribution is -0.162. The molecule has 0 aromatic heterocycles. The predicted molar refractivity (Wildman–Crippen MR) is 97.2 cm³/mol. The summed E-state index contributed by atoms with van der Waals surface area (Å²) in [6, 6.07) is -1.45.